The van der Waals surface area contributed by atoms with Gasteiger partial charge in [-0.15, -0.1) is 11.8 Å². The summed E-state index contributed by atoms with van der Waals surface area (Å²) in [6.07, 6.45) is -0.947. The maximum absolute atomic E-state index is 12.2. The zero-order valence-electron chi connectivity index (χ0n) is 15.2. The van der Waals surface area contributed by atoms with Gasteiger partial charge in [0.15, 0.2) is 6.10 Å². The lowest BCUT2D eigenvalue weighted by atomic mass is 10.2. The van der Waals surface area contributed by atoms with Gasteiger partial charge in [-0.2, -0.15) is 0 Å². The average Bonchev–Trinajstić information content (AvgIpc) is 2.63. The van der Waals surface area contributed by atoms with E-state index < -0.39 is 28.2 Å². The molecule has 0 saturated carbocycles. The third-order valence-electron chi connectivity index (χ3n) is 3.76. The number of carbonyl (C=O) groups excluding carboxylic acids is 2. The number of hydrogen-bond donors (Lipinski definition) is 1. The minimum absolute atomic E-state index is 0.0175. The summed E-state index contributed by atoms with van der Waals surface area (Å²) in [6, 6.07) is 13.2. The normalized spacial score (nSPS) is 12.7. The summed E-state index contributed by atoms with van der Waals surface area (Å²) >= 11 is 1.20. The van der Waals surface area contributed by atoms with E-state index in [-0.39, 0.29) is 5.69 Å². The fourth-order valence-corrected chi connectivity index (χ4v) is 3.02. The van der Waals surface area contributed by atoms with Crippen LogP contribution in [0.1, 0.15) is 19.4 Å². The molecular weight excluding hydrogens is 368 g/mol. The molecule has 142 valence electrons. The molecule has 1 N–H and O–H groups in total. The van der Waals surface area contributed by atoms with Crippen molar-refractivity contribution < 1.29 is 19.2 Å². The minimum Gasteiger partial charge on any atom is -0.452 e. The van der Waals surface area contributed by atoms with Crippen molar-refractivity contribution in [2.24, 2.45) is 0 Å². The number of rotatable bonds is 7. The lowest BCUT2D eigenvalue weighted by Crippen LogP contribution is -2.32. The zero-order chi connectivity index (χ0) is 20.0. The first-order valence-corrected chi connectivity index (χ1v) is 9.14. The van der Waals surface area contributed by atoms with E-state index in [1.165, 1.54) is 30.8 Å². The van der Waals surface area contributed by atoms with Crippen molar-refractivity contribution in [3.8, 4) is 0 Å². The van der Waals surface area contributed by atoms with Gasteiger partial charge in [0.25, 0.3) is 11.6 Å². The number of para-hydroxylation sites is 1. The summed E-state index contributed by atoms with van der Waals surface area (Å²) in [5, 5.41) is 12.8. The summed E-state index contributed by atoms with van der Waals surface area (Å²) in [4.78, 5) is 35.3. The summed E-state index contributed by atoms with van der Waals surface area (Å²) < 4.78 is 5.24. The highest BCUT2D eigenvalue weighted by molar-refractivity contribution is 8.00. The topological polar surface area (TPSA) is 98.5 Å². The van der Waals surface area contributed by atoms with Crippen molar-refractivity contribution in [1.29, 1.82) is 0 Å². The Morgan fingerprint density at radius 3 is 2.33 bits per heavy atom. The number of ether oxygens (including phenoxy) is 1. The first-order chi connectivity index (χ1) is 12.8. The van der Waals surface area contributed by atoms with Gasteiger partial charge in [0.1, 0.15) is 5.25 Å². The number of nitro benzene ring substituents is 1. The number of non-ortho nitro benzene ring substituents is 1. The highest BCUT2D eigenvalue weighted by atomic mass is 32.2. The van der Waals surface area contributed by atoms with Crippen LogP contribution in [0.3, 0.4) is 0 Å². The van der Waals surface area contributed by atoms with E-state index in [2.05, 4.69) is 5.32 Å². The molecule has 0 bridgehead atoms. The number of carbonyl (C=O) groups is 2. The molecule has 8 heteroatoms. The van der Waals surface area contributed by atoms with Gasteiger partial charge in [0.05, 0.1) is 4.92 Å². The Morgan fingerprint density at radius 1 is 1.11 bits per heavy atom. The molecule has 0 spiro atoms. The molecule has 2 unspecified atom stereocenters. The van der Waals surface area contributed by atoms with Crippen molar-refractivity contribution in [1.82, 2.24) is 0 Å². The van der Waals surface area contributed by atoms with Crippen LogP contribution in [-0.4, -0.2) is 28.2 Å². The minimum atomic E-state index is -0.947. The summed E-state index contributed by atoms with van der Waals surface area (Å²) in [7, 11) is 0. The van der Waals surface area contributed by atoms with E-state index in [1.54, 1.807) is 25.1 Å². The molecule has 0 aliphatic carbocycles. The molecule has 0 aliphatic heterocycles. The second kappa shape index (κ2) is 9.18. The quantitative estimate of drug-likeness (QED) is 0.334. The Bertz CT molecular complexity index is 838. The van der Waals surface area contributed by atoms with E-state index in [1.807, 2.05) is 25.1 Å². The van der Waals surface area contributed by atoms with Crippen molar-refractivity contribution in [3.63, 3.8) is 0 Å². The van der Waals surface area contributed by atoms with Crippen molar-refractivity contribution in [2.45, 2.75) is 37.0 Å². The highest BCUT2D eigenvalue weighted by Crippen LogP contribution is 2.26. The van der Waals surface area contributed by atoms with Gasteiger partial charge in [-0.3, -0.25) is 19.7 Å². The molecule has 2 rings (SSSR count). The van der Waals surface area contributed by atoms with E-state index in [9.17, 15) is 19.7 Å². The van der Waals surface area contributed by atoms with Crippen LogP contribution in [-0.2, 0) is 14.3 Å². The number of hydrogen-bond acceptors (Lipinski definition) is 6. The first kappa shape index (κ1) is 20.4. The number of nitrogens with zero attached hydrogens (tertiary/aromatic N) is 1. The van der Waals surface area contributed by atoms with Crippen LogP contribution in [0.15, 0.2) is 53.4 Å². The molecule has 0 aliphatic rings. The lowest BCUT2D eigenvalue weighted by Gasteiger charge is -2.17. The predicted molar refractivity (Wildman–Crippen MR) is 104 cm³/mol. The maximum Gasteiger partial charge on any atom is 0.319 e. The first-order valence-electron chi connectivity index (χ1n) is 8.26. The third-order valence-corrected chi connectivity index (χ3v) is 4.85. The molecule has 0 aromatic heterocycles. The van der Waals surface area contributed by atoms with Gasteiger partial charge >= 0.3 is 5.97 Å². The van der Waals surface area contributed by atoms with E-state index >= 15 is 0 Å². The fourth-order valence-electron chi connectivity index (χ4n) is 2.17. The molecule has 0 radical (unpaired) electrons. The Morgan fingerprint density at radius 2 is 1.74 bits per heavy atom. The summed E-state index contributed by atoms with van der Waals surface area (Å²) in [5.74, 6) is -0.948. The number of nitrogens with one attached hydrogen (secondary N) is 1. The van der Waals surface area contributed by atoms with Crippen LogP contribution in [0.25, 0.3) is 0 Å². The fraction of sp³-hybridized carbons (Fsp3) is 0.263. The van der Waals surface area contributed by atoms with E-state index in [4.69, 9.17) is 4.74 Å². The Labute approximate surface area is 161 Å². The van der Waals surface area contributed by atoms with Gasteiger partial charge in [-0.1, -0.05) is 18.2 Å². The number of anilines is 1. The number of thioether (sulfide) groups is 1. The Kier molecular flexibility index (Phi) is 6.95. The Hall–Kier alpha value is -2.87. The largest absolute Gasteiger partial charge is 0.452 e. The van der Waals surface area contributed by atoms with Crippen LogP contribution in [0.2, 0.25) is 0 Å². The number of nitro groups is 1. The summed E-state index contributed by atoms with van der Waals surface area (Å²) in [5.41, 5.74) is 1.56. The number of aryl methyl sites for hydroxylation is 1. The van der Waals surface area contributed by atoms with E-state index in [0.29, 0.717) is 10.6 Å². The van der Waals surface area contributed by atoms with Gasteiger partial charge in [-0.25, -0.2) is 0 Å². The molecule has 2 aromatic carbocycles. The SMILES string of the molecule is Cc1ccccc1NC(=O)C(C)OC(=O)C(C)Sc1ccc([N+](=O)[O-])cc1. The number of esters is 1. The molecule has 0 saturated heterocycles. The van der Waals surface area contributed by atoms with Crippen LogP contribution in [0, 0.1) is 17.0 Å². The van der Waals surface area contributed by atoms with Crippen molar-refractivity contribution in [3.05, 3.63) is 64.2 Å². The monoisotopic (exact) mass is 388 g/mol. The van der Waals surface area contributed by atoms with Gasteiger partial charge in [-0.05, 0) is 44.5 Å². The molecule has 7 nitrogen and oxygen atoms in total. The van der Waals surface area contributed by atoms with Crippen LogP contribution < -0.4 is 5.32 Å². The second-order valence-corrected chi connectivity index (χ2v) is 7.31. The summed E-state index contributed by atoms with van der Waals surface area (Å²) in [6.45, 7) is 5.03. The molecule has 2 aromatic rings. The van der Waals surface area contributed by atoms with Crippen molar-refractivity contribution in [2.75, 3.05) is 5.32 Å². The number of amides is 1. The van der Waals surface area contributed by atoms with Crippen molar-refractivity contribution >= 4 is 35.0 Å². The zero-order valence-corrected chi connectivity index (χ0v) is 16.0. The standard InChI is InChI=1S/C19H20N2O5S/c1-12-6-4-5-7-17(12)20-18(22)13(2)26-19(23)14(3)27-16-10-8-15(9-11-16)21(24)25/h4-11,13-14H,1-3H3,(H,20,22). The maximum atomic E-state index is 12.2. The van der Waals surface area contributed by atoms with E-state index in [0.717, 1.165) is 5.56 Å². The third kappa shape index (κ3) is 5.82. The number of benzene rings is 2. The molecular formula is C19H20N2O5S. The average molecular weight is 388 g/mol. The van der Waals surface area contributed by atoms with Gasteiger partial charge in [0.2, 0.25) is 0 Å². The van der Waals surface area contributed by atoms with Gasteiger partial charge in [0, 0.05) is 22.7 Å². The predicted octanol–water partition coefficient (Wildman–Crippen LogP) is 3.95. The molecule has 0 heterocycles. The lowest BCUT2D eigenvalue weighted by molar-refractivity contribution is -0.384. The van der Waals surface area contributed by atoms with Crippen LogP contribution >= 0.6 is 11.8 Å². The van der Waals surface area contributed by atoms with Gasteiger partial charge < -0.3 is 10.1 Å². The molecule has 1 amide bonds. The molecule has 0 fully saturated rings. The smallest absolute Gasteiger partial charge is 0.319 e. The molecule has 2 atom stereocenters. The Balaban J connectivity index is 1.90. The molecule has 27 heavy (non-hydrogen) atoms. The van der Waals surface area contributed by atoms with Crippen LogP contribution in [0.5, 0.6) is 0 Å². The van der Waals surface area contributed by atoms with Crippen LogP contribution in [0.4, 0.5) is 11.4 Å². The second-order valence-electron chi connectivity index (χ2n) is 5.89. The highest BCUT2D eigenvalue weighted by Gasteiger charge is 2.23.